The van der Waals surface area contributed by atoms with Crippen molar-refractivity contribution in [2.24, 2.45) is 0 Å². The first-order chi connectivity index (χ1) is 12.9. The first-order valence-electron chi connectivity index (χ1n) is 7.79. The highest BCUT2D eigenvalue weighted by Gasteiger charge is 2.17. The summed E-state index contributed by atoms with van der Waals surface area (Å²) in [5, 5.41) is 19.7. The third-order valence-electron chi connectivity index (χ3n) is 3.67. The fourth-order valence-electron chi connectivity index (χ4n) is 2.40. The Morgan fingerprint density at radius 2 is 2.07 bits per heavy atom. The molecule has 10 heteroatoms. The van der Waals surface area contributed by atoms with Gasteiger partial charge in [0.15, 0.2) is 22.5 Å². The average Bonchev–Trinajstić information content (AvgIpc) is 2.66. The molecule has 1 aromatic carbocycles. The highest BCUT2D eigenvalue weighted by molar-refractivity contribution is 7.98. The van der Waals surface area contributed by atoms with Crippen LogP contribution in [0.4, 0.5) is 8.78 Å². The molecule has 0 unspecified atom stereocenters. The predicted octanol–water partition coefficient (Wildman–Crippen LogP) is 1.94. The SMILES string of the molecule is CSc1ncc2cc(Oc3ccc(F)cc3F)c(=O)n(C[C@H](O)CO)c2n1. The van der Waals surface area contributed by atoms with Gasteiger partial charge >= 0.3 is 0 Å². The van der Waals surface area contributed by atoms with Gasteiger partial charge in [0, 0.05) is 17.6 Å². The van der Waals surface area contributed by atoms with E-state index in [1.807, 2.05) is 0 Å². The van der Waals surface area contributed by atoms with E-state index < -0.39 is 29.9 Å². The van der Waals surface area contributed by atoms with Gasteiger partial charge in [-0.15, -0.1) is 0 Å². The third-order valence-corrected chi connectivity index (χ3v) is 4.23. The largest absolute Gasteiger partial charge is 0.448 e. The summed E-state index contributed by atoms with van der Waals surface area (Å²) in [5.41, 5.74) is -0.455. The summed E-state index contributed by atoms with van der Waals surface area (Å²) in [6.45, 7) is -0.814. The van der Waals surface area contributed by atoms with Crippen molar-refractivity contribution in [2.75, 3.05) is 12.9 Å². The molecule has 0 spiro atoms. The Morgan fingerprint density at radius 1 is 1.30 bits per heavy atom. The number of aromatic nitrogens is 3. The Hall–Kier alpha value is -2.56. The first-order valence-corrected chi connectivity index (χ1v) is 9.01. The molecule has 0 aliphatic heterocycles. The molecule has 0 bridgehead atoms. The number of pyridine rings is 1. The Bertz CT molecular complexity index is 1040. The van der Waals surface area contributed by atoms with Gasteiger partial charge in [-0.25, -0.2) is 18.7 Å². The van der Waals surface area contributed by atoms with E-state index in [2.05, 4.69) is 9.97 Å². The number of rotatable bonds is 6. The molecule has 0 radical (unpaired) electrons. The van der Waals surface area contributed by atoms with E-state index in [1.54, 1.807) is 6.26 Å². The number of nitrogens with zero attached hydrogens (tertiary/aromatic N) is 3. The van der Waals surface area contributed by atoms with E-state index in [9.17, 15) is 18.7 Å². The average molecular weight is 395 g/mol. The first kappa shape index (κ1) is 19.2. The van der Waals surface area contributed by atoms with Crippen LogP contribution < -0.4 is 10.3 Å². The van der Waals surface area contributed by atoms with Gasteiger partial charge in [-0.1, -0.05) is 11.8 Å². The van der Waals surface area contributed by atoms with Gasteiger partial charge in [-0.05, 0) is 24.5 Å². The van der Waals surface area contributed by atoms with E-state index >= 15 is 0 Å². The van der Waals surface area contributed by atoms with Crippen LogP contribution in [0.3, 0.4) is 0 Å². The Morgan fingerprint density at radius 3 is 2.74 bits per heavy atom. The van der Waals surface area contributed by atoms with Gasteiger partial charge in [0.25, 0.3) is 5.56 Å². The smallest absolute Gasteiger partial charge is 0.295 e. The normalized spacial score (nSPS) is 12.3. The number of halogens is 2. The summed E-state index contributed by atoms with van der Waals surface area (Å²) in [5.74, 6) is -2.33. The zero-order valence-corrected chi connectivity index (χ0v) is 14.9. The monoisotopic (exact) mass is 395 g/mol. The molecule has 3 aromatic rings. The molecule has 0 fully saturated rings. The van der Waals surface area contributed by atoms with E-state index in [0.29, 0.717) is 16.6 Å². The molecule has 0 aliphatic carbocycles. The van der Waals surface area contributed by atoms with Gasteiger partial charge in [-0.2, -0.15) is 0 Å². The zero-order chi connectivity index (χ0) is 19.6. The number of hydrogen-bond donors (Lipinski definition) is 2. The zero-order valence-electron chi connectivity index (χ0n) is 14.1. The van der Waals surface area contributed by atoms with E-state index in [4.69, 9.17) is 9.84 Å². The number of aliphatic hydroxyl groups is 2. The maximum atomic E-state index is 13.9. The quantitative estimate of drug-likeness (QED) is 0.486. The van der Waals surface area contributed by atoms with E-state index in [1.165, 1.54) is 24.0 Å². The van der Waals surface area contributed by atoms with Crippen LogP contribution in [-0.2, 0) is 6.54 Å². The molecule has 1 atom stereocenters. The lowest BCUT2D eigenvalue weighted by Crippen LogP contribution is -2.30. The number of ether oxygens (including phenoxy) is 1. The Kier molecular flexibility index (Phi) is 5.68. The number of aliphatic hydroxyl groups excluding tert-OH is 2. The van der Waals surface area contributed by atoms with Crippen molar-refractivity contribution in [3.05, 3.63) is 52.5 Å². The van der Waals surface area contributed by atoms with Crippen molar-refractivity contribution in [3.8, 4) is 11.5 Å². The molecule has 142 valence electrons. The molecule has 7 nitrogen and oxygen atoms in total. The molecule has 2 N–H and O–H groups in total. The van der Waals surface area contributed by atoms with Crippen LogP contribution in [0, 0.1) is 11.6 Å². The maximum absolute atomic E-state index is 13.9. The molecule has 2 heterocycles. The predicted molar refractivity (Wildman–Crippen MR) is 95.1 cm³/mol. The second-order valence-corrected chi connectivity index (χ2v) is 6.35. The fraction of sp³-hybridized carbons (Fsp3) is 0.235. The standard InChI is InChI=1S/C17H15F2N3O4S/c1-27-17-20-6-9-4-14(26-13-3-2-10(18)5-12(13)19)16(25)22(15(9)21-17)7-11(24)8-23/h2-6,11,23-24H,7-8H2,1H3/t11-/m0/s1. The molecular weight excluding hydrogens is 380 g/mol. The van der Waals surface area contributed by atoms with Gasteiger partial charge in [0.05, 0.1) is 19.3 Å². The van der Waals surface area contributed by atoms with Crippen LogP contribution in [0.2, 0.25) is 0 Å². The molecule has 0 saturated carbocycles. The summed E-state index contributed by atoms with van der Waals surface area (Å²) in [7, 11) is 0. The summed E-state index contributed by atoms with van der Waals surface area (Å²) in [6, 6.07) is 4.04. The molecule has 3 rings (SSSR count). The second-order valence-electron chi connectivity index (χ2n) is 5.57. The van der Waals surface area contributed by atoms with Crippen molar-refractivity contribution in [3.63, 3.8) is 0 Å². The number of benzene rings is 1. The molecule has 0 amide bonds. The van der Waals surface area contributed by atoms with E-state index in [0.717, 1.165) is 16.7 Å². The maximum Gasteiger partial charge on any atom is 0.295 e. The molecule has 27 heavy (non-hydrogen) atoms. The summed E-state index contributed by atoms with van der Waals surface area (Å²) in [6.07, 6.45) is 2.01. The second kappa shape index (κ2) is 7.99. The fourth-order valence-corrected chi connectivity index (χ4v) is 2.74. The minimum atomic E-state index is -1.21. The van der Waals surface area contributed by atoms with Gasteiger partial charge < -0.3 is 14.9 Å². The van der Waals surface area contributed by atoms with Crippen LogP contribution in [0.15, 0.2) is 40.4 Å². The Labute approximate surface area is 156 Å². The van der Waals surface area contributed by atoms with Crippen LogP contribution in [-0.4, -0.2) is 43.7 Å². The van der Waals surface area contributed by atoms with Crippen LogP contribution >= 0.6 is 11.8 Å². The van der Waals surface area contributed by atoms with Crippen LogP contribution in [0.25, 0.3) is 11.0 Å². The van der Waals surface area contributed by atoms with Gasteiger partial charge in [0.1, 0.15) is 11.5 Å². The van der Waals surface area contributed by atoms with Crippen LogP contribution in [0.5, 0.6) is 11.5 Å². The lowest BCUT2D eigenvalue weighted by atomic mass is 10.2. The van der Waals surface area contributed by atoms with E-state index in [-0.39, 0.29) is 23.7 Å². The van der Waals surface area contributed by atoms with Crippen molar-refractivity contribution >= 4 is 22.8 Å². The number of hydrogen-bond acceptors (Lipinski definition) is 7. The van der Waals surface area contributed by atoms with Crippen LogP contribution in [0.1, 0.15) is 0 Å². The molecule has 0 saturated heterocycles. The van der Waals surface area contributed by atoms with Gasteiger partial charge in [0.2, 0.25) is 0 Å². The minimum absolute atomic E-state index is 0.235. The van der Waals surface area contributed by atoms with Gasteiger partial charge in [-0.3, -0.25) is 9.36 Å². The highest BCUT2D eigenvalue weighted by Crippen LogP contribution is 2.25. The Balaban J connectivity index is 2.15. The molecule has 0 aliphatic rings. The van der Waals surface area contributed by atoms with Crippen molar-refractivity contribution in [1.82, 2.24) is 14.5 Å². The summed E-state index contributed by atoms with van der Waals surface area (Å²) < 4.78 is 33.4. The minimum Gasteiger partial charge on any atom is -0.448 e. The summed E-state index contributed by atoms with van der Waals surface area (Å²) in [4.78, 5) is 21.2. The topological polar surface area (TPSA) is 97.5 Å². The highest BCUT2D eigenvalue weighted by atomic mass is 32.2. The lowest BCUT2D eigenvalue weighted by Gasteiger charge is -2.15. The summed E-state index contributed by atoms with van der Waals surface area (Å²) >= 11 is 1.27. The van der Waals surface area contributed by atoms with Crippen molar-refractivity contribution in [2.45, 2.75) is 17.8 Å². The third kappa shape index (κ3) is 4.07. The molecule has 2 aromatic heterocycles. The number of fused-ring (bicyclic) bond motifs is 1. The lowest BCUT2D eigenvalue weighted by molar-refractivity contribution is 0.0811. The van der Waals surface area contributed by atoms with Crippen molar-refractivity contribution < 1.29 is 23.7 Å². The molecular formula is C17H15F2N3O4S. The van der Waals surface area contributed by atoms with Crippen molar-refractivity contribution in [1.29, 1.82) is 0 Å². The number of thioether (sulfide) groups is 1.